The lowest BCUT2D eigenvalue weighted by atomic mass is 10.0. The number of carbonyl (C=O) groups is 1. The number of hydrogen-bond acceptors (Lipinski definition) is 3. The average Bonchev–Trinajstić information content (AvgIpc) is 2.45. The molecule has 0 aromatic heterocycles. The van der Waals surface area contributed by atoms with Gasteiger partial charge in [-0.2, -0.15) is 0 Å². The van der Waals surface area contributed by atoms with E-state index in [2.05, 4.69) is 0 Å². The monoisotopic (exact) mass is 289 g/mol. The third-order valence-corrected chi connectivity index (χ3v) is 3.03. The second-order valence-electron chi connectivity index (χ2n) is 4.44. The van der Waals surface area contributed by atoms with Crippen molar-refractivity contribution in [3.8, 4) is 5.75 Å². The first-order chi connectivity index (χ1) is 9.61. The van der Waals surface area contributed by atoms with Gasteiger partial charge in [-0.05, 0) is 36.8 Å². The van der Waals surface area contributed by atoms with Crippen molar-refractivity contribution in [3.63, 3.8) is 0 Å². The second-order valence-corrected chi connectivity index (χ2v) is 4.88. The zero-order chi connectivity index (χ0) is 14.5. The number of nitrogen functional groups attached to an aromatic ring is 1. The maximum atomic E-state index is 12.5. The molecule has 20 heavy (non-hydrogen) atoms. The average molecular weight is 290 g/mol. The van der Waals surface area contributed by atoms with E-state index in [1.165, 1.54) is 0 Å². The number of nitrogens with two attached hydrogens (primary N) is 1. The first-order valence-corrected chi connectivity index (χ1v) is 6.82. The van der Waals surface area contributed by atoms with Gasteiger partial charge in [-0.3, -0.25) is 4.79 Å². The summed E-state index contributed by atoms with van der Waals surface area (Å²) in [6.45, 7) is 2.56. The fourth-order valence-electron chi connectivity index (χ4n) is 1.85. The smallest absolute Gasteiger partial charge is 0.196 e. The lowest BCUT2D eigenvalue weighted by Gasteiger charge is -2.11. The van der Waals surface area contributed by atoms with E-state index < -0.39 is 0 Å². The van der Waals surface area contributed by atoms with Crippen LogP contribution < -0.4 is 10.5 Å². The molecule has 0 spiro atoms. The molecular formula is C16H16ClNO2. The van der Waals surface area contributed by atoms with Gasteiger partial charge in [0.2, 0.25) is 0 Å². The van der Waals surface area contributed by atoms with Crippen LogP contribution in [0.4, 0.5) is 5.69 Å². The Hall–Kier alpha value is -2.00. The summed E-state index contributed by atoms with van der Waals surface area (Å²) in [7, 11) is 0. The molecule has 0 aliphatic carbocycles. The van der Waals surface area contributed by atoms with E-state index >= 15 is 0 Å². The van der Waals surface area contributed by atoms with Gasteiger partial charge in [-0.15, -0.1) is 0 Å². The molecule has 0 unspecified atom stereocenters. The number of anilines is 1. The topological polar surface area (TPSA) is 52.3 Å². The largest absolute Gasteiger partial charge is 0.493 e. The fraction of sp³-hybridized carbons (Fsp3) is 0.188. The summed E-state index contributed by atoms with van der Waals surface area (Å²) in [4.78, 5) is 12.5. The van der Waals surface area contributed by atoms with E-state index in [-0.39, 0.29) is 5.78 Å². The Kier molecular flexibility index (Phi) is 4.64. The summed E-state index contributed by atoms with van der Waals surface area (Å²) in [6, 6.07) is 11.9. The minimum absolute atomic E-state index is 0.147. The Labute approximate surface area is 123 Å². The Bertz CT molecular complexity index is 626. The minimum atomic E-state index is -0.147. The van der Waals surface area contributed by atoms with Crippen LogP contribution in [0.25, 0.3) is 0 Å². The number of hydrogen-bond donors (Lipinski definition) is 1. The molecule has 0 saturated carbocycles. The van der Waals surface area contributed by atoms with Gasteiger partial charge < -0.3 is 10.5 Å². The normalized spacial score (nSPS) is 10.3. The predicted molar refractivity (Wildman–Crippen MR) is 81.5 cm³/mol. The molecule has 0 atom stereocenters. The Morgan fingerprint density at radius 1 is 1.25 bits per heavy atom. The van der Waals surface area contributed by atoms with E-state index in [1.807, 2.05) is 6.92 Å². The zero-order valence-corrected chi connectivity index (χ0v) is 12.0. The minimum Gasteiger partial charge on any atom is -0.493 e. The SMILES string of the molecule is CCCOc1ccc(Cl)cc1C(=O)c1cccc(N)c1. The molecule has 0 heterocycles. The van der Waals surface area contributed by atoms with Crippen molar-refractivity contribution in [2.45, 2.75) is 13.3 Å². The molecule has 0 radical (unpaired) electrons. The Morgan fingerprint density at radius 3 is 2.75 bits per heavy atom. The van der Waals surface area contributed by atoms with Crippen LogP contribution in [-0.2, 0) is 0 Å². The lowest BCUT2D eigenvalue weighted by molar-refractivity contribution is 0.103. The van der Waals surface area contributed by atoms with Crippen LogP contribution in [0.3, 0.4) is 0 Å². The van der Waals surface area contributed by atoms with Crippen LogP contribution >= 0.6 is 11.6 Å². The number of ketones is 1. The summed E-state index contributed by atoms with van der Waals surface area (Å²) in [5, 5.41) is 0.501. The van der Waals surface area contributed by atoms with Gasteiger partial charge in [-0.1, -0.05) is 30.7 Å². The summed E-state index contributed by atoms with van der Waals surface area (Å²) >= 11 is 5.98. The quantitative estimate of drug-likeness (QED) is 0.670. The Morgan fingerprint density at radius 2 is 2.05 bits per heavy atom. The molecule has 4 heteroatoms. The van der Waals surface area contributed by atoms with Crippen LogP contribution in [0.2, 0.25) is 5.02 Å². The molecule has 2 rings (SSSR count). The molecule has 3 nitrogen and oxygen atoms in total. The van der Waals surface area contributed by atoms with Crippen LogP contribution in [0.15, 0.2) is 42.5 Å². The van der Waals surface area contributed by atoms with Crippen LogP contribution in [0.1, 0.15) is 29.3 Å². The number of benzene rings is 2. The van der Waals surface area contributed by atoms with Crippen molar-refractivity contribution in [3.05, 3.63) is 58.6 Å². The third-order valence-electron chi connectivity index (χ3n) is 2.80. The van der Waals surface area contributed by atoms with E-state index in [0.29, 0.717) is 34.2 Å². The maximum Gasteiger partial charge on any atom is 0.196 e. The highest BCUT2D eigenvalue weighted by Crippen LogP contribution is 2.26. The van der Waals surface area contributed by atoms with Gasteiger partial charge >= 0.3 is 0 Å². The van der Waals surface area contributed by atoms with Gasteiger partial charge in [0.1, 0.15) is 5.75 Å². The Balaban J connectivity index is 2.39. The van der Waals surface area contributed by atoms with Crippen molar-refractivity contribution in [1.29, 1.82) is 0 Å². The molecule has 2 aromatic carbocycles. The van der Waals surface area contributed by atoms with E-state index in [1.54, 1.807) is 42.5 Å². The van der Waals surface area contributed by atoms with E-state index in [4.69, 9.17) is 22.1 Å². The lowest BCUT2D eigenvalue weighted by Crippen LogP contribution is -2.06. The van der Waals surface area contributed by atoms with Crippen LogP contribution in [0, 0.1) is 0 Å². The number of halogens is 1. The highest BCUT2D eigenvalue weighted by atomic mass is 35.5. The van der Waals surface area contributed by atoms with Gasteiger partial charge in [0.05, 0.1) is 12.2 Å². The molecule has 104 valence electrons. The number of carbonyl (C=O) groups excluding carboxylic acids is 1. The van der Waals surface area contributed by atoms with Crippen molar-refractivity contribution in [2.75, 3.05) is 12.3 Å². The fourth-order valence-corrected chi connectivity index (χ4v) is 2.03. The van der Waals surface area contributed by atoms with E-state index in [0.717, 1.165) is 6.42 Å². The van der Waals surface area contributed by atoms with Crippen LogP contribution in [-0.4, -0.2) is 12.4 Å². The molecule has 0 fully saturated rings. The summed E-state index contributed by atoms with van der Waals surface area (Å²) in [5.41, 5.74) is 7.24. The predicted octanol–water partition coefficient (Wildman–Crippen LogP) is 3.94. The van der Waals surface area contributed by atoms with E-state index in [9.17, 15) is 4.79 Å². The van der Waals surface area contributed by atoms with Crippen molar-refractivity contribution in [1.82, 2.24) is 0 Å². The van der Waals surface area contributed by atoms with Crippen LogP contribution in [0.5, 0.6) is 5.75 Å². The molecule has 0 amide bonds. The molecule has 0 saturated heterocycles. The molecule has 2 N–H and O–H groups in total. The second kappa shape index (κ2) is 6.44. The third kappa shape index (κ3) is 3.31. The van der Waals surface area contributed by atoms with Gasteiger partial charge in [0.25, 0.3) is 0 Å². The van der Waals surface area contributed by atoms with Crippen molar-refractivity contribution >= 4 is 23.1 Å². The maximum absolute atomic E-state index is 12.5. The highest BCUT2D eigenvalue weighted by Gasteiger charge is 2.15. The van der Waals surface area contributed by atoms with Gasteiger partial charge in [0, 0.05) is 16.3 Å². The summed E-state index contributed by atoms with van der Waals surface area (Å²) in [5.74, 6) is 0.398. The van der Waals surface area contributed by atoms with Crippen molar-refractivity contribution < 1.29 is 9.53 Å². The zero-order valence-electron chi connectivity index (χ0n) is 11.2. The van der Waals surface area contributed by atoms with Gasteiger partial charge in [-0.25, -0.2) is 0 Å². The number of ether oxygens (including phenoxy) is 1. The van der Waals surface area contributed by atoms with Crippen molar-refractivity contribution in [2.24, 2.45) is 0 Å². The summed E-state index contributed by atoms with van der Waals surface area (Å²) in [6.07, 6.45) is 0.870. The van der Waals surface area contributed by atoms with Gasteiger partial charge in [0.15, 0.2) is 5.78 Å². The summed E-state index contributed by atoms with van der Waals surface area (Å²) < 4.78 is 5.60. The highest BCUT2D eigenvalue weighted by molar-refractivity contribution is 6.31. The molecule has 0 aliphatic heterocycles. The first-order valence-electron chi connectivity index (χ1n) is 6.44. The molecule has 0 aliphatic rings. The molecule has 2 aromatic rings. The number of rotatable bonds is 5. The standard InChI is InChI=1S/C16H16ClNO2/c1-2-8-20-15-7-6-12(17)10-14(15)16(19)11-4-3-5-13(18)9-11/h3-7,9-10H,2,8,18H2,1H3. The first kappa shape index (κ1) is 14.4. The molecular weight excluding hydrogens is 274 g/mol. The molecule has 0 bridgehead atoms.